The highest BCUT2D eigenvalue weighted by molar-refractivity contribution is 5.71. The highest BCUT2D eigenvalue weighted by Gasteiger charge is 2.19. The van der Waals surface area contributed by atoms with Gasteiger partial charge in [0, 0.05) is 19.3 Å². The summed E-state index contributed by atoms with van der Waals surface area (Å²) in [5.74, 6) is -0.846. The van der Waals surface area contributed by atoms with E-state index in [1.165, 1.54) is 289 Å². The number of rotatable bonds is 64. The Morgan fingerprint density at radius 1 is 0.253 bits per heavy atom. The molecule has 6 nitrogen and oxygen atoms in total. The van der Waals surface area contributed by atoms with Crippen LogP contribution in [0, 0.1) is 0 Å². The van der Waals surface area contributed by atoms with E-state index in [1.54, 1.807) is 0 Å². The lowest BCUT2D eigenvalue weighted by Crippen LogP contribution is -2.30. The van der Waals surface area contributed by atoms with Crippen LogP contribution in [-0.2, 0) is 28.6 Å². The van der Waals surface area contributed by atoms with Crippen molar-refractivity contribution < 1.29 is 28.6 Å². The third-order valence-electron chi connectivity index (χ3n) is 15.8. The number of unbranched alkanes of at least 4 members (excludes halogenated alkanes) is 51. The summed E-state index contributed by atoms with van der Waals surface area (Å²) in [5, 5.41) is 0. The first-order valence-corrected chi connectivity index (χ1v) is 34.2. The lowest BCUT2D eigenvalue weighted by atomic mass is 10.0. The standard InChI is InChI=1S/C69H132O6/c1-4-7-10-13-16-19-22-24-26-28-29-30-31-32-33-34-35-36-37-38-39-41-42-44-47-50-53-56-59-62-68(71)74-65-66(64-73-67(70)61-58-55-52-49-46-21-18-15-12-9-6-3)75-69(72)63-60-57-54-51-48-45-43-40-27-25-23-20-17-14-11-8-5-2/h15,18,66H,4-14,16-17,19-65H2,1-3H3/b18-15-. The molecular formula is C69H132O6. The van der Waals surface area contributed by atoms with Crippen molar-refractivity contribution in [1.82, 2.24) is 0 Å². The van der Waals surface area contributed by atoms with E-state index in [0.717, 1.165) is 64.2 Å². The largest absolute Gasteiger partial charge is 0.462 e. The Balaban J connectivity index is 4.09. The Labute approximate surface area is 469 Å². The van der Waals surface area contributed by atoms with Crippen molar-refractivity contribution in [2.45, 2.75) is 399 Å². The van der Waals surface area contributed by atoms with Gasteiger partial charge >= 0.3 is 17.9 Å². The van der Waals surface area contributed by atoms with Gasteiger partial charge in [-0.3, -0.25) is 14.4 Å². The van der Waals surface area contributed by atoms with E-state index in [1.807, 2.05) is 0 Å². The Hall–Kier alpha value is -1.85. The number of allylic oxidation sites excluding steroid dienone is 2. The van der Waals surface area contributed by atoms with Crippen molar-refractivity contribution in [3.05, 3.63) is 12.2 Å². The second kappa shape index (κ2) is 64.7. The zero-order valence-corrected chi connectivity index (χ0v) is 51.1. The normalized spacial score (nSPS) is 12.0. The minimum atomic E-state index is -0.768. The molecule has 0 aromatic heterocycles. The quantitative estimate of drug-likeness (QED) is 0.0261. The predicted molar refractivity (Wildman–Crippen MR) is 326 cm³/mol. The van der Waals surface area contributed by atoms with Crippen LogP contribution in [0.4, 0.5) is 0 Å². The fourth-order valence-electron chi connectivity index (χ4n) is 10.6. The van der Waals surface area contributed by atoms with Crippen LogP contribution in [0.15, 0.2) is 12.2 Å². The zero-order valence-electron chi connectivity index (χ0n) is 51.1. The Morgan fingerprint density at radius 3 is 0.707 bits per heavy atom. The Morgan fingerprint density at radius 2 is 0.453 bits per heavy atom. The summed E-state index contributed by atoms with van der Waals surface area (Å²) in [5.41, 5.74) is 0. The van der Waals surface area contributed by atoms with Gasteiger partial charge in [-0.25, -0.2) is 0 Å². The monoisotopic (exact) mass is 1060 g/mol. The van der Waals surface area contributed by atoms with Crippen molar-refractivity contribution in [1.29, 1.82) is 0 Å². The first kappa shape index (κ1) is 73.2. The minimum Gasteiger partial charge on any atom is -0.462 e. The summed E-state index contributed by atoms with van der Waals surface area (Å²) < 4.78 is 16.9. The molecule has 0 aromatic rings. The van der Waals surface area contributed by atoms with Gasteiger partial charge in [0.1, 0.15) is 13.2 Å². The average molecular weight is 1060 g/mol. The van der Waals surface area contributed by atoms with Gasteiger partial charge in [-0.05, 0) is 38.5 Å². The maximum atomic E-state index is 12.9. The van der Waals surface area contributed by atoms with E-state index in [-0.39, 0.29) is 31.1 Å². The molecule has 444 valence electrons. The van der Waals surface area contributed by atoms with Crippen LogP contribution in [0.3, 0.4) is 0 Å². The van der Waals surface area contributed by atoms with E-state index in [4.69, 9.17) is 14.2 Å². The average Bonchev–Trinajstić information content (AvgIpc) is 3.41. The van der Waals surface area contributed by atoms with Crippen molar-refractivity contribution in [3.63, 3.8) is 0 Å². The molecule has 6 heteroatoms. The SMILES string of the molecule is CCCC/C=C\CCCCCCCC(=O)OCC(COC(=O)CCCCCCCCCCCCCCCCCCCCCCCCCCCCCCC)OC(=O)CCCCCCCCCCCCCCCCCCC. The lowest BCUT2D eigenvalue weighted by molar-refractivity contribution is -0.167. The van der Waals surface area contributed by atoms with Gasteiger partial charge in [-0.15, -0.1) is 0 Å². The molecule has 0 aliphatic rings. The molecule has 0 saturated carbocycles. The molecular weight excluding hydrogens is 925 g/mol. The highest BCUT2D eigenvalue weighted by atomic mass is 16.6. The molecule has 0 aliphatic heterocycles. The van der Waals surface area contributed by atoms with Crippen molar-refractivity contribution >= 4 is 17.9 Å². The van der Waals surface area contributed by atoms with Crippen LogP contribution < -0.4 is 0 Å². The van der Waals surface area contributed by atoms with Crippen LogP contribution in [0.5, 0.6) is 0 Å². The predicted octanol–water partition coefficient (Wildman–Crippen LogP) is 23.2. The maximum absolute atomic E-state index is 12.9. The summed E-state index contributed by atoms with van der Waals surface area (Å²) in [7, 11) is 0. The van der Waals surface area contributed by atoms with Crippen LogP contribution in [0.2, 0.25) is 0 Å². The number of hydrogen-bond acceptors (Lipinski definition) is 6. The molecule has 0 spiro atoms. The third kappa shape index (κ3) is 62.9. The van der Waals surface area contributed by atoms with E-state index >= 15 is 0 Å². The molecule has 0 saturated heterocycles. The number of esters is 3. The van der Waals surface area contributed by atoms with Gasteiger partial charge < -0.3 is 14.2 Å². The molecule has 0 fully saturated rings. The van der Waals surface area contributed by atoms with Gasteiger partial charge in [0.25, 0.3) is 0 Å². The minimum absolute atomic E-state index is 0.0661. The van der Waals surface area contributed by atoms with Gasteiger partial charge in [-0.1, -0.05) is 348 Å². The van der Waals surface area contributed by atoms with Crippen molar-refractivity contribution in [2.24, 2.45) is 0 Å². The molecule has 0 rings (SSSR count). The van der Waals surface area contributed by atoms with Crippen LogP contribution >= 0.6 is 0 Å². The van der Waals surface area contributed by atoms with Crippen LogP contribution in [0.1, 0.15) is 393 Å². The molecule has 0 radical (unpaired) electrons. The van der Waals surface area contributed by atoms with Crippen LogP contribution in [0.25, 0.3) is 0 Å². The Bertz CT molecular complexity index is 1170. The van der Waals surface area contributed by atoms with Crippen molar-refractivity contribution in [3.8, 4) is 0 Å². The second-order valence-electron chi connectivity index (χ2n) is 23.5. The second-order valence-corrected chi connectivity index (χ2v) is 23.5. The number of hydrogen-bond donors (Lipinski definition) is 0. The van der Waals surface area contributed by atoms with Crippen molar-refractivity contribution in [2.75, 3.05) is 13.2 Å². The summed E-state index contributed by atoms with van der Waals surface area (Å²) in [6.45, 7) is 6.68. The third-order valence-corrected chi connectivity index (χ3v) is 15.8. The van der Waals surface area contributed by atoms with E-state index < -0.39 is 6.10 Å². The van der Waals surface area contributed by atoms with E-state index in [9.17, 15) is 14.4 Å². The molecule has 75 heavy (non-hydrogen) atoms. The smallest absolute Gasteiger partial charge is 0.306 e. The summed E-state index contributed by atoms with van der Waals surface area (Å²) >= 11 is 0. The summed E-state index contributed by atoms with van der Waals surface area (Å²) in [6.07, 6.45) is 76.8. The Kier molecular flexibility index (Phi) is 63.1. The molecule has 0 aliphatic carbocycles. The molecule has 0 amide bonds. The first-order valence-electron chi connectivity index (χ1n) is 34.2. The van der Waals surface area contributed by atoms with Gasteiger partial charge in [0.15, 0.2) is 6.10 Å². The first-order chi connectivity index (χ1) is 37.0. The maximum Gasteiger partial charge on any atom is 0.306 e. The summed E-state index contributed by atoms with van der Waals surface area (Å²) in [6, 6.07) is 0. The number of carbonyl (C=O) groups is 3. The van der Waals surface area contributed by atoms with Crippen LogP contribution in [-0.4, -0.2) is 37.2 Å². The molecule has 1 unspecified atom stereocenters. The molecule has 0 heterocycles. The zero-order chi connectivity index (χ0) is 54.3. The van der Waals surface area contributed by atoms with E-state index in [0.29, 0.717) is 19.3 Å². The number of ether oxygens (including phenoxy) is 3. The molecule has 0 bridgehead atoms. The fourth-order valence-corrected chi connectivity index (χ4v) is 10.6. The van der Waals surface area contributed by atoms with Gasteiger partial charge in [0.2, 0.25) is 0 Å². The fraction of sp³-hybridized carbons (Fsp3) is 0.928. The molecule has 0 N–H and O–H groups in total. The molecule has 1 atom stereocenters. The molecule has 0 aromatic carbocycles. The topological polar surface area (TPSA) is 78.9 Å². The van der Waals surface area contributed by atoms with Gasteiger partial charge in [-0.2, -0.15) is 0 Å². The number of carbonyl (C=O) groups excluding carboxylic acids is 3. The lowest BCUT2D eigenvalue weighted by Gasteiger charge is -2.18. The van der Waals surface area contributed by atoms with Gasteiger partial charge in [0.05, 0.1) is 0 Å². The van der Waals surface area contributed by atoms with E-state index in [2.05, 4.69) is 32.9 Å². The highest BCUT2D eigenvalue weighted by Crippen LogP contribution is 2.19. The summed E-state index contributed by atoms with van der Waals surface area (Å²) in [4.78, 5) is 38.3.